The summed E-state index contributed by atoms with van der Waals surface area (Å²) in [4.78, 5) is 0. The summed E-state index contributed by atoms with van der Waals surface area (Å²) >= 11 is 1.56. The van der Waals surface area contributed by atoms with E-state index >= 15 is 0 Å². The fourth-order valence-electron chi connectivity index (χ4n) is 1.61. The smallest absolute Gasteiger partial charge is 0.209 e. The number of ether oxygens (including phenoxy) is 1. The minimum atomic E-state index is -0.139. The SMILES string of the molecule is CC(C)(C)n1nnnc1SCCOc1ccc(C#N)cc1. The molecule has 0 aliphatic heterocycles. The lowest BCUT2D eigenvalue weighted by Gasteiger charge is -2.19. The molecular formula is C14H17N5OS. The third kappa shape index (κ3) is 4.20. The van der Waals surface area contributed by atoms with Gasteiger partial charge in [-0.3, -0.25) is 0 Å². The highest BCUT2D eigenvalue weighted by atomic mass is 32.2. The summed E-state index contributed by atoms with van der Waals surface area (Å²) < 4.78 is 7.43. The lowest BCUT2D eigenvalue weighted by molar-refractivity contribution is 0.320. The van der Waals surface area contributed by atoms with Crippen LogP contribution in [0.5, 0.6) is 5.75 Å². The Kier molecular flexibility index (Phi) is 4.81. The van der Waals surface area contributed by atoms with Crippen molar-refractivity contribution in [3.05, 3.63) is 29.8 Å². The van der Waals surface area contributed by atoms with Gasteiger partial charge < -0.3 is 4.74 Å². The Balaban J connectivity index is 1.82. The second-order valence-electron chi connectivity index (χ2n) is 5.38. The Morgan fingerprint density at radius 2 is 2.00 bits per heavy atom. The Morgan fingerprint density at radius 1 is 1.29 bits per heavy atom. The van der Waals surface area contributed by atoms with Crippen molar-refractivity contribution in [3.63, 3.8) is 0 Å². The summed E-state index contributed by atoms with van der Waals surface area (Å²) in [5, 5.41) is 21.3. The fourth-order valence-corrected chi connectivity index (χ4v) is 2.48. The van der Waals surface area contributed by atoms with Crippen molar-refractivity contribution in [2.75, 3.05) is 12.4 Å². The van der Waals surface area contributed by atoms with E-state index in [0.29, 0.717) is 12.2 Å². The molecule has 0 atom stereocenters. The summed E-state index contributed by atoms with van der Waals surface area (Å²) in [6.07, 6.45) is 0. The van der Waals surface area contributed by atoms with Crippen molar-refractivity contribution in [2.45, 2.75) is 31.5 Å². The molecule has 0 bridgehead atoms. The van der Waals surface area contributed by atoms with Gasteiger partial charge in [-0.05, 0) is 55.5 Å². The van der Waals surface area contributed by atoms with E-state index in [1.54, 1.807) is 40.7 Å². The number of tetrazole rings is 1. The van der Waals surface area contributed by atoms with Crippen molar-refractivity contribution in [1.29, 1.82) is 5.26 Å². The predicted molar refractivity (Wildman–Crippen MR) is 80.2 cm³/mol. The third-order valence-corrected chi connectivity index (χ3v) is 3.53. The van der Waals surface area contributed by atoms with Gasteiger partial charge in [0.2, 0.25) is 5.16 Å². The van der Waals surface area contributed by atoms with Gasteiger partial charge in [0, 0.05) is 5.75 Å². The third-order valence-electron chi connectivity index (χ3n) is 2.64. The number of aromatic nitrogens is 4. The summed E-state index contributed by atoms with van der Waals surface area (Å²) in [6, 6.07) is 9.14. The molecule has 110 valence electrons. The molecule has 1 heterocycles. The van der Waals surface area contributed by atoms with E-state index in [-0.39, 0.29) is 5.54 Å². The van der Waals surface area contributed by atoms with Crippen molar-refractivity contribution >= 4 is 11.8 Å². The van der Waals surface area contributed by atoms with Crippen LogP contribution in [0.4, 0.5) is 0 Å². The van der Waals surface area contributed by atoms with E-state index < -0.39 is 0 Å². The lowest BCUT2D eigenvalue weighted by atomic mass is 10.1. The van der Waals surface area contributed by atoms with Gasteiger partial charge in [0.05, 0.1) is 23.8 Å². The second-order valence-corrected chi connectivity index (χ2v) is 6.44. The van der Waals surface area contributed by atoms with Crippen LogP contribution in [-0.2, 0) is 5.54 Å². The molecule has 2 rings (SSSR count). The van der Waals surface area contributed by atoms with E-state index in [9.17, 15) is 0 Å². The first-order valence-corrected chi connectivity index (χ1v) is 7.54. The zero-order valence-electron chi connectivity index (χ0n) is 12.3. The Labute approximate surface area is 128 Å². The van der Waals surface area contributed by atoms with Crippen LogP contribution in [0.25, 0.3) is 0 Å². The normalized spacial score (nSPS) is 11.1. The number of benzene rings is 1. The minimum absolute atomic E-state index is 0.139. The molecule has 0 spiro atoms. The van der Waals surface area contributed by atoms with Crippen molar-refractivity contribution in [2.24, 2.45) is 0 Å². The molecule has 6 nitrogen and oxygen atoms in total. The molecule has 0 N–H and O–H groups in total. The summed E-state index contributed by atoms with van der Waals surface area (Å²) in [5.74, 6) is 1.50. The number of nitrogens with zero attached hydrogens (tertiary/aromatic N) is 5. The minimum Gasteiger partial charge on any atom is -0.493 e. The molecule has 2 aromatic rings. The van der Waals surface area contributed by atoms with E-state index in [1.807, 2.05) is 0 Å². The van der Waals surface area contributed by atoms with E-state index in [2.05, 4.69) is 42.4 Å². The van der Waals surface area contributed by atoms with Crippen LogP contribution in [0.2, 0.25) is 0 Å². The number of hydrogen-bond acceptors (Lipinski definition) is 6. The molecule has 1 aromatic heterocycles. The lowest BCUT2D eigenvalue weighted by Crippen LogP contribution is -2.24. The monoisotopic (exact) mass is 303 g/mol. The quantitative estimate of drug-likeness (QED) is 0.624. The van der Waals surface area contributed by atoms with Gasteiger partial charge in [-0.25, -0.2) is 4.68 Å². The van der Waals surface area contributed by atoms with Gasteiger partial charge in [-0.15, -0.1) is 5.10 Å². The number of hydrogen-bond donors (Lipinski definition) is 0. The number of nitriles is 1. The van der Waals surface area contributed by atoms with Crippen LogP contribution in [0.3, 0.4) is 0 Å². The maximum absolute atomic E-state index is 8.72. The van der Waals surface area contributed by atoms with E-state index in [1.165, 1.54) is 0 Å². The highest BCUT2D eigenvalue weighted by Crippen LogP contribution is 2.21. The molecule has 7 heteroatoms. The number of thioether (sulfide) groups is 1. The largest absolute Gasteiger partial charge is 0.493 e. The van der Waals surface area contributed by atoms with E-state index in [0.717, 1.165) is 16.7 Å². The van der Waals surface area contributed by atoms with Gasteiger partial charge in [0.15, 0.2) is 0 Å². The molecule has 0 radical (unpaired) electrons. The van der Waals surface area contributed by atoms with E-state index in [4.69, 9.17) is 10.00 Å². The van der Waals surface area contributed by atoms with Crippen LogP contribution >= 0.6 is 11.8 Å². The van der Waals surface area contributed by atoms with Crippen molar-refractivity contribution < 1.29 is 4.74 Å². The van der Waals surface area contributed by atoms with Crippen LogP contribution in [0.15, 0.2) is 29.4 Å². The average molecular weight is 303 g/mol. The molecule has 0 fully saturated rings. The molecule has 0 aliphatic carbocycles. The predicted octanol–water partition coefficient (Wildman–Crippen LogP) is 2.47. The number of rotatable bonds is 5. The fraction of sp³-hybridized carbons (Fsp3) is 0.429. The molecule has 0 unspecified atom stereocenters. The molecule has 1 aromatic carbocycles. The van der Waals surface area contributed by atoms with Crippen LogP contribution in [0.1, 0.15) is 26.3 Å². The van der Waals surface area contributed by atoms with Gasteiger partial charge in [-0.2, -0.15) is 5.26 Å². The topological polar surface area (TPSA) is 76.6 Å². The van der Waals surface area contributed by atoms with Crippen molar-refractivity contribution in [3.8, 4) is 11.8 Å². The highest BCUT2D eigenvalue weighted by molar-refractivity contribution is 7.99. The molecular weight excluding hydrogens is 286 g/mol. The van der Waals surface area contributed by atoms with Crippen molar-refractivity contribution in [1.82, 2.24) is 20.2 Å². The highest BCUT2D eigenvalue weighted by Gasteiger charge is 2.19. The maximum Gasteiger partial charge on any atom is 0.209 e. The molecule has 0 aliphatic rings. The summed E-state index contributed by atoms with van der Waals surface area (Å²) in [6.45, 7) is 6.72. The Hall–Kier alpha value is -2.07. The Bertz CT molecular complexity index is 624. The van der Waals surface area contributed by atoms with Gasteiger partial charge in [-0.1, -0.05) is 11.8 Å². The standard InChI is InChI=1S/C14H17N5OS/c1-14(2,3)19-13(16-17-18-19)21-9-8-20-12-6-4-11(10-15)5-7-12/h4-7H,8-9H2,1-3H3. The second kappa shape index (κ2) is 6.59. The van der Waals surface area contributed by atoms with Gasteiger partial charge in [0.1, 0.15) is 5.75 Å². The maximum atomic E-state index is 8.72. The molecule has 0 saturated carbocycles. The molecule has 0 amide bonds. The first-order chi connectivity index (χ1) is 10.0. The van der Waals surface area contributed by atoms with Crippen LogP contribution < -0.4 is 4.74 Å². The zero-order valence-corrected chi connectivity index (χ0v) is 13.1. The average Bonchev–Trinajstić information content (AvgIpc) is 2.93. The first kappa shape index (κ1) is 15.3. The zero-order chi connectivity index (χ0) is 15.3. The summed E-state index contributed by atoms with van der Waals surface area (Å²) in [5.41, 5.74) is 0.487. The van der Waals surface area contributed by atoms with Gasteiger partial charge >= 0.3 is 0 Å². The van der Waals surface area contributed by atoms with Crippen LogP contribution in [-0.4, -0.2) is 32.6 Å². The molecule has 21 heavy (non-hydrogen) atoms. The first-order valence-electron chi connectivity index (χ1n) is 6.55. The molecule has 0 saturated heterocycles. The van der Waals surface area contributed by atoms with Crippen LogP contribution in [0, 0.1) is 11.3 Å². The Morgan fingerprint density at radius 3 is 2.62 bits per heavy atom. The summed E-state index contributed by atoms with van der Waals surface area (Å²) in [7, 11) is 0. The van der Waals surface area contributed by atoms with Gasteiger partial charge in [0.25, 0.3) is 0 Å².